The molecule has 0 spiro atoms. The molecule has 0 amide bonds. The highest BCUT2D eigenvalue weighted by atomic mass is 19.4. The van der Waals surface area contributed by atoms with Crippen LogP contribution in [0.25, 0.3) is 0 Å². The summed E-state index contributed by atoms with van der Waals surface area (Å²) >= 11 is 0. The van der Waals surface area contributed by atoms with Crippen LogP contribution in [-0.4, -0.2) is 32.7 Å². The summed E-state index contributed by atoms with van der Waals surface area (Å²) in [4.78, 5) is 11.5. The molecule has 114 valence electrons. The number of ether oxygens (including phenoxy) is 1. The van der Waals surface area contributed by atoms with Crippen LogP contribution >= 0.6 is 0 Å². The van der Waals surface area contributed by atoms with Gasteiger partial charge in [-0.15, -0.1) is 5.10 Å². The van der Waals surface area contributed by atoms with Crippen molar-refractivity contribution in [2.45, 2.75) is 26.6 Å². The van der Waals surface area contributed by atoms with E-state index in [2.05, 4.69) is 20.2 Å². The van der Waals surface area contributed by atoms with Crippen molar-refractivity contribution in [1.82, 2.24) is 20.2 Å². The van der Waals surface area contributed by atoms with Crippen LogP contribution < -0.4 is 0 Å². The predicted octanol–water partition coefficient (Wildman–Crippen LogP) is 1.82. The Labute approximate surface area is 116 Å². The lowest BCUT2D eigenvalue weighted by atomic mass is 10.3. The van der Waals surface area contributed by atoms with E-state index in [4.69, 9.17) is 4.52 Å². The maximum absolute atomic E-state index is 13.1. The van der Waals surface area contributed by atoms with Gasteiger partial charge in [0.1, 0.15) is 6.54 Å². The zero-order valence-corrected chi connectivity index (χ0v) is 11.1. The van der Waals surface area contributed by atoms with Gasteiger partial charge in [-0.3, -0.25) is 0 Å². The Morgan fingerprint density at radius 1 is 1.48 bits per heavy atom. The molecule has 0 fully saturated rings. The highest BCUT2D eigenvalue weighted by Crippen LogP contribution is 2.31. The molecular weight excluding hydrogens is 293 g/mol. The van der Waals surface area contributed by atoms with E-state index < -0.39 is 23.5 Å². The summed E-state index contributed by atoms with van der Waals surface area (Å²) < 4.78 is 49.2. The maximum Gasteiger partial charge on any atom is 0.435 e. The first-order valence-electron chi connectivity index (χ1n) is 5.93. The Morgan fingerprint density at radius 3 is 2.71 bits per heavy atom. The molecule has 0 N–H and O–H groups in total. The molecule has 0 aromatic carbocycles. The number of rotatable bonds is 4. The number of aromatic nitrogens is 4. The summed E-state index contributed by atoms with van der Waals surface area (Å²) in [6.45, 7) is 2.70. The van der Waals surface area contributed by atoms with Crippen LogP contribution in [0.4, 0.5) is 13.2 Å². The SMILES string of the molecule is CCOC(=O)c1nnn(Cc2cc(C)no2)c1C(F)(F)F. The quantitative estimate of drug-likeness (QED) is 0.801. The third-order valence-corrected chi connectivity index (χ3v) is 2.45. The number of carbonyl (C=O) groups excluding carboxylic acids is 1. The van der Waals surface area contributed by atoms with E-state index in [0.29, 0.717) is 10.4 Å². The van der Waals surface area contributed by atoms with Crippen molar-refractivity contribution in [2.75, 3.05) is 6.61 Å². The van der Waals surface area contributed by atoms with Gasteiger partial charge in [0, 0.05) is 6.07 Å². The fraction of sp³-hybridized carbons (Fsp3) is 0.455. The van der Waals surface area contributed by atoms with Crippen LogP contribution in [0.2, 0.25) is 0 Å². The van der Waals surface area contributed by atoms with Crippen LogP contribution in [0.1, 0.15) is 34.6 Å². The number of aryl methyl sites for hydroxylation is 1. The molecule has 2 aromatic heterocycles. The highest BCUT2D eigenvalue weighted by Gasteiger charge is 2.42. The molecule has 0 atom stereocenters. The van der Waals surface area contributed by atoms with Crippen molar-refractivity contribution >= 4 is 5.97 Å². The van der Waals surface area contributed by atoms with Crippen molar-refractivity contribution in [1.29, 1.82) is 0 Å². The summed E-state index contributed by atoms with van der Waals surface area (Å²) in [5, 5.41) is 10.2. The maximum atomic E-state index is 13.1. The lowest BCUT2D eigenvalue weighted by Gasteiger charge is -2.09. The molecule has 2 heterocycles. The summed E-state index contributed by atoms with van der Waals surface area (Å²) in [7, 11) is 0. The Morgan fingerprint density at radius 2 is 2.19 bits per heavy atom. The molecule has 0 radical (unpaired) electrons. The van der Waals surface area contributed by atoms with Crippen LogP contribution in [0.15, 0.2) is 10.6 Å². The van der Waals surface area contributed by atoms with Crippen molar-refractivity contribution in [2.24, 2.45) is 0 Å². The average molecular weight is 304 g/mol. The van der Waals surface area contributed by atoms with Crippen LogP contribution in [0.3, 0.4) is 0 Å². The molecule has 0 saturated heterocycles. The Balaban J connectivity index is 2.39. The molecule has 0 aliphatic carbocycles. The van der Waals surface area contributed by atoms with Crippen molar-refractivity contribution < 1.29 is 27.2 Å². The minimum absolute atomic E-state index is 0.0652. The number of halogens is 3. The molecule has 10 heteroatoms. The molecule has 2 rings (SSSR count). The normalized spacial score (nSPS) is 11.7. The van der Waals surface area contributed by atoms with E-state index >= 15 is 0 Å². The first-order valence-corrected chi connectivity index (χ1v) is 5.93. The largest absolute Gasteiger partial charge is 0.461 e. The van der Waals surface area contributed by atoms with Crippen molar-refractivity contribution in [3.8, 4) is 0 Å². The van der Waals surface area contributed by atoms with Gasteiger partial charge in [0.2, 0.25) is 5.69 Å². The lowest BCUT2D eigenvalue weighted by molar-refractivity contribution is -0.144. The van der Waals surface area contributed by atoms with Gasteiger partial charge < -0.3 is 9.26 Å². The van der Waals surface area contributed by atoms with Crippen molar-refractivity contribution in [3.05, 3.63) is 28.9 Å². The highest BCUT2D eigenvalue weighted by molar-refractivity contribution is 5.88. The smallest absolute Gasteiger partial charge is 0.435 e. The minimum Gasteiger partial charge on any atom is -0.461 e. The molecule has 0 aliphatic rings. The summed E-state index contributed by atoms with van der Waals surface area (Å²) in [5.74, 6) is -1.01. The van der Waals surface area contributed by atoms with Gasteiger partial charge in [0.15, 0.2) is 11.5 Å². The van der Waals surface area contributed by atoms with E-state index in [-0.39, 0.29) is 18.9 Å². The number of carbonyl (C=O) groups is 1. The minimum atomic E-state index is -4.80. The second-order valence-electron chi connectivity index (χ2n) is 4.10. The van der Waals surface area contributed by atoms with Gasteiger partial charge in [0.25, 0.3) is 0 Å². The molecule has 7 nitrogen and oxygen atoms in total. The summed E-state index contributed by atoms with van der Waals surface area (Å²) in [5.41, 5.74) is -1.64. The first kappa shape index (κ1) is 15.0. The Hall–Kier alpha value is -2.39. The fourth-order valence-electron chi connectivity index (χ4n) is 1.68. The second-order valence-corrected chi connectivity index (χ2v) is 4.10. The molecular formula is C11H11F3N4O3. The monoisotopic (exact) mass is 304 g/mol. The number of esters is 1. The molecule has 21 heavy (non-hydrogen) atoms. The predicted molar refractivity (Wildman–Crippen MR) is 61.3 cm³/mol. The van der Waals surface area contributed by atoms with Crippen LogP contribution in [0.5, 0.6) is 0 Å². The Bertz CT molecular complexity index is 647. The van der Waals surface area contributed by atoms with Crippen LogP contribution in [-0.2, 0) is 17.5 Å². The number of alkyl halides is 3. The Kier molecular flexibility index (Phi) is 3.96. The van der Waals surface area contributed by atoms with Gasteiger partial charge in [-0.2, -0.15) is 13.2 Å². The van der Waals surface area contributed by atoms with Gasteiger partial charge in [-0.05, 0) is 13.8 Å². The zero-order chi connectivity index (χ0) is 15.6. The lowest BCUT2D eigenvalue weighted by Crippen LogP contribution is -2.19. The van der Waals surface area contributed by atoms with E-state index in [9.17, 15) is 18.0 Å². The summed E-state index contributed by atoms with van der Waals surface area (Å²) in [6.07, 6.45) is -4.80. The van der Waals surface area contributed by atoms with E-state index in [1.807, 2.05) is 0 Å². The van der Waals surface area contributed by atoms with Gasteiger partial charge in [0.05, 0.1) is 12.3 Å². The van der Waals surface area contributed by atoms with Gasteiger partial charge in [-0.1, -0.05) is 10.4 Å². The number of hydrogen-bond acceptors (Lipinski definition) is 6. The molecule has 0 aliphatic heterocycles. The van der Waals surface area contributed by atoms with Crippen molar-refractivity contribution in [3.63, 3.8) is 0 Å². The third-order valence-electron chi connectivity index (χ3n) is 2.45. The standard InChI is InChI=1S/C11H11F3N4O3/c1-3-20-10(19)8-9(11(12,13)14)18(17-15-8)5-7-4-6(2)16-21-7/h4H,3,5H2,1-2H3. The average Bonchev–Trinajstić information content (AvgIpc) is 2.96. The summed E-state index contributed by atoms with van der Waals surface area (Å²) in [6, 6.07) is 1.46. The molecule has 2 aromatic rings. The fourth-order valence-corrected chi connectivity index (χ4v) is 1.68. The van der Waals surface area contributed by atoms with E-state index in [0.717, 1.165) is 0 Å². The second kappa shape index (κ2) is 5.54. The van der Waals surface area contributed by atoms with Crippen LogP contribution in [0, 0.1) is 6.92 Å². The van der Waals surface area contributed by atoms with E-state index in [1.165, 1.54) is 13.0 Å². The molecule has 0 saturated carbocycles. The van der Waals surface area contributed by atoms with Gasteiger partial charge >= 0.3 is 12.1 Å². The van der Waals surface area contributed by atoms with E-state index in [1.54, 1.807) is 6.92 Å². The number of nitrogens with zero attached hydrogens (tertiary/aromatic N) is 4. The number of hydrogen-bond donors (Lipinski definition) is 0. The third kappa shape index (κ3) is 3.20. The zero-order valence-electron chi connectivity index (χ0n) is 11.1. The van der Waals surface area contributed by atoms with Gasteiger partial charge in [-0.25, -0.2) is 9.48 Å². The molecule has 0 unspecified atom stereocenters. The topological polar surface area (TPSA) is 83.0 Å². The molecule has 0 bridgehead atoms. The first-order chi connectivity index (χ1) is 9.82.